The molecule has 0 saturated heterocycles. The van der Waals surface area contributed by atoms with Crippen LogP contribution in [0.4, 0.5) is 0 Å². The first-order chi connectivity index (χ1) is 7.65. The van der Waals surface area contributed by atoms with E-state index >= 15 is 0 Å². The number of rotatable bonds is 5. The van der Waals surface area contributed by atoms with Gasteiger partial charge in [0, 0.05) is 22.6 Å². The largest absolute Gasteiger partial charge is 0.315 e. The standard InChI is InChI=1S/C10H10Cl2O2S2/c1-15-14-4-5-16-10(13)8-3-2-7(11)6-9(8)12/h2-3,6H,4-5H2,1H3. The van der Waals surface area contributed by atoms with Gasteiger partial charge in [-0.15, -0.1) is 0 Å². The van der Waals surface area contributed by atoms with Crippen molar-refractivity contribution in [2.75, 3.05) is 18.6 Å². The second-order valence-electron chi connectivity index (χ2n) is 2.75. The molecule has 0 spiro atoms. The summed E-state index contributed by atoms with van der Waals surface area (Å²) in [5.41, 5.74) is 0.486. The van der Waals surface area contributed by atoms with Gasteiger partial charge in [0.1, 0.15) is 0 Å². The Morgan fingerprint density at radius 1 is 1.44 bits per heavy atom. The van der Waals surface area contributed by atoms with Gasteiger partial charge in [-0.1, -0.05) is 35.0 Å². The molecule has 0 radical (unpaired) electrons. The van der Waals surface area contributed by atoms with Gasteiger partial charge < -0.3 is 4.18 Å². The number of benzene rings is 1. The molecule has 0 aliphatic rings. The molecule has 0 unspecified atom stereocenters. The van der Waals surface area contributed by atoms with E-state index in [-0.39, 0.29) is 5.12 Å². The van der Waals surface area contributed by atoms with Gasteiger partial charge in [-0.2, -0.15) is 0 Å². The lowest BCUT2D eigenvalue weighted by Crippen LogP contribution is -1.99. The van der Waals surface area contributed by atoms with Crippen molar-refractivity contribution in [3.63, 3.8) is 0 Å². The minimum atomic E-state index is -0.0635. The predicted molar refractivity (Wildman–Crippen MR) is 72.7 cm³/mol. The van der Waals surface area contributed by atoms with Crippen molar-refractivity contribution in [2.45, 2.75) is 0 Å². The zero-order chi connectivity index (χ0) is 12.0. The van der Waals surface area contributed by atoms with Crippen LogP contribution >= 0.6 is 47.0 Å². The maximum atomic E-state index is 11.7. The molecule has 0 fully saturated rings. The normalized spacial score (nSPS) is 10.4. The molecular formula is C10H10Cl2O2S2. The van der Waals surface area contributed by atoms with Crippen molar-refractivity contribution in [1.82, 2.24) is 0 Å². The van der Waals surface area contributed by atoms with E-state index in [2.05, 4.69) is 0 Å². The second-order valence-corrected chi connectivity index (χ2v) is 5.23. The van der Waals surface area contributed by atoms with Gasteiger partial charge >= 0.3 is 0 Å². The van der Waals surface area contributed by atoms with E-state index in [1.807, 2.05) is 6.26 Å². The summed E-state index contributed by atoms with van der Waals surface area (Å²) >= 11 is 14.1. The third kappa shape index (κ3) is 4.55. The van der Waals surface area contributed by atoms with Gasteiger partial charge in [0.2, 0.25) is 5.12 Å². The topological polar surface area (TPSA) is 26.3 Å². The number of carbonyl (C=O) groups is 1. The summed E-state index contributed by atoms with van der Waals surface area (Å²) in [6.07, 6.45) is 1.84. The van der Waals surface area contributed by atoms with Crippen LogP contribution < -0.4 is 0 Å². The van der Waals surface area contributed by atoms with Crippen LogP contribution in [0.5, 0.6) is 0 Å². The van der Waals surface area contributed by atoms with E-state index in [1.54, 1.807) is 18.2 Å². The third-order valence-electron chi connectivity index (χ3n) is 1.67. The highest BCUT2D eigenvalue weighted by atomic mass is 35.5. The fourth-order valence-corrected chi connectivity index (χ4v) is 2.58. The number of halogens is 2. The molecular weight excluding hydrogens is 287 g/mol. The Bertz CT molecular complexity index is 372. The minimum Gasteiger partial charge on any atom is -0.315 e. The smallest absolute Gasteiger partial charge is 0.220 e. The number of carbonyl (C=O) groups excluding carboxylic acids is 1. The van der Waals surface area contributed by atoms with E-state index in [9.17, 15) is 4.79 Å². The van der Waals surface area contributed by atoms with Crippen LogP contribution in [0.1, 0.15) is 10.4 Å². The summed E-state index contributed by atoms with van der Waals surface area (Å²) in [6, 6.07) is 4.85. The molecule has 1 rings (SSSR count). The van der Waals surface area contributed by atoms with Gasteiger partial charge in [-0.25, -0.2) is 0 Å². The Labute approximate surface area is 113 Å². The molecule has 0 heterocycles. The molecule has 0 bridgehead atoms. The van der Waals surface area contributed by atoms with Crippen molar-refractivity contribution in [3.8, 4) is 0 Å². The van der Waals surface area contributed by atoms with E-state index < -0.39 is 0 Å². The molecule has 0 saturated carbocycles. The van der Waals surface area contributed by atoms with E-state index in [0.717, 1.165) is 0 Å². The van der Waals surface area contributed by atoms with Crippen LogP contribution in [-0.2, 0) is 4.18 Å². The SMILES string of the molecule is CSOCCSC(=O)c1ccc(Cl)cc1Cl. The van der Waals surface area contributed by atoms with Crippen molar-refractivity contribution in [1.29, 1.82) is 0 Å². The van der Waals surface area contributed by atoms with Crippen LogP contribution in [0.25, 0.3) is 0 Å². The highest BCUT2D eigenvalue weighted by Crippen LogP contribution is 2.24. The fraction of sp³-hybridized carbons (Fsp3) is 0.300. The molecule has 88 valence electrons. The average Bonchev–Trinajstić information content (AvgIpc) is 2.24. The Balaban J connectivity index is 2.53. The minimum absolute atomic E-state index is 0.0635. The van der Waals surface area contributed by atoms with Crippen LogP contribution in [0, 0.1) is 0 Å². The number of thioether (sulfide) groups is 1. The van der Waals surface area contributed by atoms with E-state index in [0.29, 0.717) is 28.0 Å². The molecule has 16 heavy (non-hydrogen) atoms. The van der Waals surface area contributed by atoms with Crippen LogP contribution in [0.15, 0.2) is 18.2 Å². The summed E-state index contributed by atoms with van der Waals surface area (Å²) in [6.45, 7) is 0.531. The molecule has 0 atom stereocenters. The molecule has 1 aromatic rings. The third-order valence-corrected chi connectivity index (χ3v) is 3.47. The van der Waals surface area contributed by atoms with Crippen LogP contribution in [0.3, 0.4) is 0 Å². The van der Waals surface area contributed by atoms with E-state index in [1.165, 1.54) is 23.8 Å². The zero-order valence-corrected chi connectivity index (χ0v) is 11.7. The molecule has 0 aromatic heterocycles. The molecule has 0 aliphatic heterocycles. The Kier molecular flexibility index (Phi) is 6.61. The summed E-state index contributed by atoms with van der Waals surface area (Å²) in [5.74, 6) is 0.610. The summed E-state index contributed by atoms with van der Waals surface area (Å²) in [5, 5.41) is 0.847. The van der Waals surface area contributed by atoms with Gasteiger partial charge in [-0.05, 0) is 30.2 Å². The first-order valence-corrected chi connectivity index (χ1v) is 7.32. The van der Waals surface area contributed by atoms with Gasteiger partial charge in [-0.3, -0.25) is 4.79 Å². The van der Waals surface area contributed by atoms with Gasteiger partial charge in [0.05, 0.1) is 11.6 Å². The van der Waals surface area contributed by atoms with Crippen molar-refractivity contribution >= 4 is 52.1 Å². The Morgan fingerprint density at radius 3 is 2.81 bits per heavy atom. The number of hydrogen-bond acceptors (Lipinski definition) is 4. The van der Waals surface area contributed by atoms with Gasteiger partial charge in [0.25, 0.3) is 0 Å². The average molecular weight is 297 g/mol. The first-order valence-electron chi connectivity index (χ1n) is 4.43. The van der Waals surface area contributed by atoms with E-state index in [4.69, 9.17) is 27.4 Å². The predicted octanol–water partition coefficient (Wildman–Crippen LogP) is 4.16. The van der Waals surface area contributed by atoms with Crippen molar-refractivity contribution in [3.05, 3.63) is 33.8 Å². The van der Waals surface area contributed by atoms with Crippen LogP contribution in [0.2, 0.25) is 10.0 Å². The van der Waals surface area contributed by atoms with Crippen molar-refractivity contribution < 1.29 is 8.98 Å². The molecule has 1 aromatic carbocycles. The Morgan fingerprint density at radius 2 is 2.19 bits per heavy atom. The zero-order valence-electron chi connectivity index (χ0n) is 8.54. The molecule has 0 N–H and O–H groups in total. The lowest BCUT2D eigenvalue weighted by atomic mass is 10.2. The summed E-state index contributed by atoms with van der Waals surface area (Å²) in [7, 11) is 0. The molecule has 2 nitrogen and oxygen atoms in total. The highest BCUT2D eigenvalue weighted by Gasteiger charge is 2.10. The number of hydrogen-bond donors (Lipinski definition) is 0. The monoisotopic (exact) mass is 296 g/mol. The maximum absolute atomic E-state index is 11.7. The highest BCUT2D eigenvalue weighted by molar-refractivity contribution is 8.14. The summed E-state index contributed by atoms with van der Waals surface area (Å²) in [4.78, 5) is 11.7. The first kappa shape index (κ1) is 14.2. The quantitative estimate of drug-likeness (QED) is 0.602. The fourth-order valence-electron chi connectivity index (χ4n) is 0.984. The van der Waals surface area contributed by atoms with Gasteiger partial charge in [0.15, 0.2) is 0 Å². The molecule has 6 heteroatoms. The van der Waals surface area contributed by atoms with Crippen molar-refractivity contribution in [2.24, 2.45) is 0 Å². The lowest BCUT2D eigenvalue weighted by molar-refractivity contribution is 0.108. The molecule has 0 aliphatic carbocycles. The Hall–Kier alpha value is 0.130. The molecule has 0 amide bonds. The maximum Gasteiger partial charge on any atom is 0.220 e. The summed E-state index contributed by atoms with van der Waals surface area (Å²) < 4.78 is 5.06. The second kappa shape index (κ2) is 7.45. The van der Waals surface area contributed by atoms with Crippen LogP contribution in [-0.4, -0.2) is 23.7 Å². The lowest BCUT2D eigenvalue weighted by Gasteiger charge is -2.03.